The smallest absolute Gasteiger partial charge is 0.237 e. The highest BCUT2D eigenvalue weighted by Gasteiger charge is 2.27. The minimum absolute atomic E-state index is 0.0127. The SMILES string of the molecule is CC(C)C(N)C(=O)NC1CCCC1C. The average Bonchev–Trinajstić information content (AvgIpc) is 2.50. The Morgan fingerprint density at radius 3 is 2.50 bits per heavy atom. The van der Waals surface area contributed by atoms with E-state index in [1.807, 2.05) is 13.8 Å². The summed E-state index contributed by atoms with van der Waals surface area (Å²) in [4.78, 5) is 11.6. The molecular weight excluding hydrogens is 176 g/mol. The summed E-state index contributed by atoms with van der Waals surface area (Å²) >= 11 is 0. The zero-order chi connectivity index (χ0) is 10.7. The molecule has 3 N–H and O–H groups in total. The number of amides is 1. The molecule has 1 rings (SSSR count). The molecule has 3 heteroatoms. The lowest BCUT2D eigenvalue weighted by molar-refractivity contribution is -0.124. The highest BCUT2D eigenvalue weighted by atomic mass is 16.2. The van der Waals surface area contributed by atoms with Gasteiger partial charge >= 0.3 is 0 Å². The van der Waals surface area contributed by atoms with Crippen molar-refractivity contribution in [2.24, 2.45) is 17.6 Å². The Hall–Kier alpha value is -0.570. The van der Waals surface area contributed by atoms with Gasteiger partial charge in [0.2, 0.25) is 5.91 Å². The molecule has 0 saturated heterocycles. The van der Waals surface area contributed by atoms with Crippen LogP contribution in [0.25, 0.3) is 0 Å². The van der Waals surface area contributed by atoms with Crippen molar-refractivity contribution in [1.29, 1.82) is 0 Å². The highest BCUT2D eigenvalue weighted by Crippen LogP contribution is 2.24. The number of carbonyl (C=O) groups is 1. The Balaban J connectivity index is 2.40. The van der Waals surface area contributed by atoms with Crippen LogP contribution in [0.2, 0.25) is 0 Å². The predicted octanol–water partition coefficient (Wildman–Crippen LogP) is 1.27. The van der Waals surface area contributed by atoms with Crippen molar-refractivity contribution in [2.75, 3.05) is 0 Å². The van der Waals surface area contributed by atoms with Crippen LogP contribution in [0.15, 0.2) is 0 Å². The van der Waals surface area contributed by atoms with Gasteiger partial charge in [-0.15, -0.1) is 0 Å². The Morgan fingerprint density at radius 1 is 1.43 bits per heavy atom. The first-order valence-electron chi connectivity index (χ1n) is 5.58. The van der Waals surface area contributed by atoms with E-state index in [1.54, 1.807) is 0 Å². The van der Waals surface area contributed by atoms with E-state index >= 15 is 0 Å². The number of hydrogen-bond acceptors (Lipinski definition) is 2. The summed E-state index contributed by atoms with van der Waals surface area (Å²) in [5.74, 6) is 0.837. The molecule has 0 aromatic carbocycles. The molecule has 3 atom stereocenters. The molecule has 14 heavy (non-hydrogen) atoms. The Labute approximate surface area is 86.4 Å². The molecular formula is C11H22N2O. The van der Waals surface area contributed by atoms with Crippen LogP contribution in [-0.4, -0.2) is 18.0 Å². The summed E-state index contributed by atoms with van der Waals surface area (Å²) in [5, 5.41) is 3.05. The predicted molar refractivity (Wildman–Crippen MR) is 57.8 cm³/mol. The van der Waals surface area contributed by atoms with E-state index in [1.165, 1.54) is 12.8 Å². The summed E-state index contributed by atoms with van der Waals surface area (Å²) in [6.07, 6.45) is 3.56. The van der Waals surface area contributed by atoms with E-state index in [0.717, 1.165) is 6.42 Å². The topological polar surface area (TPSA) is 55.1 Å². The Morgan fingerprint density at radius 2 is 2.07 bits per heavy atom. The maximum absolute atomic E-state index is 11.6. The van der Waals surface area contributed by atoms with Gasteiger partial charge in [-0.05, 0) is 24.7 Å². The molecule has 1 fully saturated rings. The third-order valence-electron chi connectivity index (χ3n) is 3.21. The fourth-order valence-corrected chi connectivity index (χ4v) is 1.94. The largest absolute Gasteiger partial charge is 0.352 e. The molecule has 1 amide bonds. The second-order valence-electron chi connectivity index (χ2n) is 4.79. The molecule has 0 aromatic rings. The number of rotatable bonds is 3. The molecule has 1 aliphatic carbocycles. The molecule has 0 spiro atoms. The fraction of sp³-hybridized carbons (Fsp3) is 0.909. The molecule has 0 aromatic heterocycles. The summed E-state index contributed by atoms with van der Waals surface area (Å²) in [7, 11) is 0. The van der Waals surface area contributed by atoms with Crippen LogP contribution in [-0.2, 0) is 4.79 Å². The molecule has 82 valence electrons. The average molecular weight is 198 g/mol. The standard InChI is InChI=1S/C11H22N2O/c1-7(2)10(12)11(14)13-9-6-4-5-8(9)3/h7-10H,4-6,12H2,1-3H3,(H,13,14). The van der Waals surface area contributed by atoms with E-state index in [0.29, 0.717) is 12.0 Å². The molecule has 3 unspecified atom stereocenters. The van der Waals surface area contributed by atoms with Crippen LogP contribution in [0.5, 0.6) is 0 Å². The van der Waals surface area contributed by atoms with Crippen molar-refractivity contribution < 1.29 is 4.79 Å². The monoisotopic (exact) mass is 198 g/mol. The molecule has 0 radical (unpaired) electrons. The van der Waals surface area contributed by atoms with Crippen molar-refractivity contribution >= 4 is 5.91 Å². The maximum atomic E-state index is 11.6. The number of hydrogen-bond donors (Lipinski definition) is 2. The third kappa shape index (κ3) is 2.71. The van der Waals surface area contributed by atoms with E-state index in [9.17, 15) is 4.79 Å². The first-order chi connectivity index (χ1) is 6.52. The summed E-state index contributed by atoms with van der Waals surface area (Å²) in [6.45, 7) is 6.14. The Bertz CT molecular complexity index is 203. The fourth-order valence-electron chi connectivity index (χ4n) is 1.94. The second-order valence-corrected chi connectivity index (χ2v) is 4.79. The van der Waals surface area contributed by atoms with Crippen molar-refractivity contribution in [1.82, 2.24) is 5.32 Å². The Kier molecular flexibility index (Phi) is 3.93. The van der Waals surface area contributed by atoms with Crippen LogP contribution in [0, 0.1) is 11.8 Å². The number of nitrogens with one attached hydrogen (secondary N) is 1. The molecule has 0 bridgehead atoms. The van der Waals surface area contributed by atoms with Gasteiger partial charge in [0.1, 0.15) is 0 Å². The lowest BCUT2D eigenvalue weighted by atomic mass is 10.0. The van der Waals surface area contributed by atoms with Crippen molar-refractivity contribution in [3.8, 4) is 0 Å². The van der Waals surface area contributed by atoms with E-state index in [2.05, 4.69) is 12.2 Å². The minimum Gasteiger partial charge on any atom is -0.352 e. The molecule has 1 saturated carbocycles. The van der Waals surface area contributed by atoms with Crippen LogP contribution in [0.1, 0.15) is 40.0 Å². The highest BCUT2D eigenvalue weighted by molar-refractivity contribution is 5.82. The maximum Gasteiger partial charge on any atom is 0.237 e. The quantitative estimate of drug-likeness (QED) is 0.717. The van der Waals surface area contributed by atoms with Crippen molar-refractivity contribution in [3.05, 3.63) is 0 Å². The van der Waals surface area contributed by atoms with Crippen LogP contribution in [0.4, 0.5) is 0 Å². The normalized spacial score (nSPS) is 29.2. The lowest BCUT2D eigenvalue weighted by Crippen LogP contribution is -2.48. The zero-order valence-electron chi connectivity index (χ0n) is 9.42. The summed E-state index contributed by atoms with van der Waals surface area (Å²) < 4.78 is 0. The first-order valence-corrected chi connectivity index (χ1v) is 5.58. The molecule has 0 aliphatic heterocycles. The van der Waals surface area contributed by atoms with Crippen LogP contribution >= 0.6 is 0 Å². The van der Waals surface area contributed by atoms with Crippen LogP contribution in [0.3, 0.4) is 0 Å². The van der Waals surface area contributed by atoms with E-state index in [-0.39, 0.29) is 17.9 Å². The first kappa shape index (κ1) is 11.5. The van der Waals surface area contributed by atoms with Gasteiger partial charge in [0.15, 0.2) is 0 Å². The van der Waals surface area contributed by atoms with Gasteiger partial charge in [0.25, 0.3) is 0 Å². The molecule has 1 aliphatic rings. The van der Waals surface area contributed by atoms with Gasteiger partial charge in [0, 0.05) is 6.04 Å². The third-order valence-corrected chi connectivity index (χ3v) is 3.21. The molecule has 0 heterocycles. The summed E-state index contributed by atoms with van der Waals surface area (Å²) in [5.41, 5.74) is 5.77. The number of nitrogens with two attached hydrogens (primary N) is 1. The van der Waals surface area contributed by atoms with Gasteiger partial charge in [-0.25, -0.2) is 0 Å². The zero-order valence-corrected chi connectivity index (χ0v) is 9.42. The van der Waals surface area contributed by atoms with Crippen molar-refractivity contribution in [2.45, 2.75) is 52.1 Å². The summed E-state index contributed by atoms with van der Waals surface area (Å²) in [6, 6.07) is -0.00454. The van der Waals surface area contributed by atoms with E-state index < -0.39 is 0 Å². The lowest BCUT2D eigenvalue weighted by Gasteiger charge is -2.21. The van der Waals surface area contributed by atoms with Gasteiger partial charge in [0.05, 0.1) is 6.04 Å². The van der Waals surface area contributed by atoms with Gasteiger partial charge in [-0.3, -0.25) is 4.79 Å². The van der Waals surface area contributed by atoms with E-state index in [4.69, 9.17) is 5.73 Å². The second kappa shape index (κ2) is 4.78. The van der Waals surface area contributed by atoms with Gasteiger partial charge < -0.3 is 11.1 Å². The van der Waals surface area contributed by atoms with Gasteiger partial charge in [-0.1, -0.05) is 27.2 Å². The van der Waals surface area contributed by atoms with Crippen LogP contribution < -0.4 is 11.1 Å². The minimum atomic E-state index is -0.359. The van der Waals surface area contributed by atoms with Crippen molar-refractivity contribution in [3.63, 3.8) is 0 Å². The molecule has 3 nitrogen and oxygen atoms in total. The van der Waals surface area contributed by atoms with Gasteiger partial charge in [-0.2, -0.15) is 0 Å². The number of carbonyl (C=O) groups excluding carboxylic acids is 1.